The second-order valence-electron chi connectivity index (χ2n) is 4.43. The molecule has 0 aliphatic carbocycles. The molecule has 0 saturated carbocycles. The Morgan fingerprint density at radius 2 is 1.67 bits per heavy atom. The molecule has 7 heteroatoms. The topological polar surface area (TPSA) is 59.3 Å². The van der Waals surface area contributed by atoms with Crippen LogP contribution in [0.5, 0.6) is 0 Å². The molecule has 0 saturated heterocycles. The third kappa shape index (κ3) is 2.96. The van der Waals surface area contributed by atoms with Gasteiger partial charge in [-0.3, -0.25) is 4.79 Å². The van der Waals surface area contributed by atoms with Gasteiger partial charge in [-0.25, -0.2) is 4.79 Å². The fourth-order valence-corrected chi connectivity index (χ4v) is 1.88. The number of benzene rings is 1. The van der Waals surface area contributed by atoms with Crippen LogP contribution in [0.4, 0.5) is 13.2 Å². The number of alkyl halides is 3. The number of nitrogens with zero attached hydrogens (tertiary/aromatic N) is 1. The average molecular weight is 297 g/mol. The lowest BCUT2D eigenvalue weighted by atomic mass is 10.0. The highest BCUT2D eigenvalue weighted by Gasteiger charge is 2.30. The molecule has 2 aromatic rings. The van der Waals surface area contributed by atoms with Crippen LogP contribution in [0, 0.1) is 0 Å². The summed E-state index contributed by atoms with van der Waals surface area (Å²) in [5.74, 6) is -1.73. The second kappa shape index (κ2) is 5.08. The van der Waals surface area contributed by atoms with Crippen LogP contribution in [0.25, 0.3) is 0 Å². The number of carbonyl (C=O) groups excluding carboxylic acids is 1. The first-order valence-electron chi connectivity index (χ1n) is 5.82. The Labute approximate surface area is 117 Å². The van der Waals surface area contributed by atoms with Crippen molar-refractivity contribution in [3.8, 4) is 0 Å². The quantitative estimate of drug-likeness (QED) is 0.886. The van der Waals surface area contributed by atoms with Crippen molar-refractivity contribution in [1.29, 1.82) is 0 Å². The van der Waals surface area contributed by atoms with Gasteiger partial charge in [0.2, 0.25) is 0 Å². The van der Waals surface area contributed by atoms with E-state index in [9.17, 15) is 22.8 Å². The van der Waals surface area contributed by atoms with Crippen molar-refractivity contribution < 1.29 is 27.9 Å². The molecule has 2 rings (SSSR count). The first-order chi connectivity index (χ1) is 9.70. The molecule has 0 spiro atoms. The molecule has 0 radical (unpaired) electrons. The van der Waals surface area contributed by atoms with Gasteiger partial charge >= 0.3 is 12.1 Å². The Morgan fingerprint density at radius 3 is 2.10 bits per heavy atom. The number of ketones is 1. The second-order valence-corrected chi connectivity index (χ2v) is 4.43. The zero-order valence-electron chi connectivity index (χ0n) is 10.8. The molecule has 0 fully saturated rings. The molecule has 0 unspecified atom stereocenters. The third-order valence-electron chi connectivity index (χ3n) is 2.96. The number of carboxylic acids is 1. The van der Waals surface area contributed by atoms with E-state index in [0.29, 0.717) is 0 Å². The van der Waals surface area contributed by atoms with Gasteiger partial charge in [-0.15, -0.1) is 0 Å². The smallest absolute Gasteiger partial charge is 0.416 e. The lowest BCUT2D eigenvalue weighted by molar-refractivity contribution is -0.137. The zero-order chi connectivity index (χ0) is 15.8. The number of hydrogen-bond donors (Lipinski definition) is 1. The summed E-state index contributed by atoms with van der Waals surface area (Å²) in [7, 11) is 1.47. The first-order valence-corrected chi connectivity index (χ1v) is 5.82. The number of carboxylic acid groups (broad SMARTS) is 1. The van der Waals surface area contributed by atoms with Crippen molar-refractivity contribution in [3.05, 3.63) is 58.9 Å². The highest BCUT2D eigenvalue weighted by Crippen LogP contribution is 2.29. The van der Waals surface area contributed by atoms with Gasteiger partial charge < -0.3 is 9.67 Å². The molecule has 1 aromatic carbocycles. The molecule has 1 heterocycles. The highest BCUT2D eigenvalue weighted by molar-refractivity contribution is 6.09. The van der Waals surface area contributed by atoms with Gasteiger partial charge in [0, 0.05) is 24.4 Å². The van der Waals surface area contributed by atoms with Gasteiger partial charge in [0.25, 0.3) is 0 Å². The summed E-state index contributed by atoms with van der Waals surface area (Å²) in [5.41, 5.74) is -0.760. The Morgan fingerprint density at radius 1 is 1.10 bits per heavy atom. The van der Waals surface area contributed by atoms with Crippen LogP contribution in [0.3, 0.4) is 0 Å². The predicted octanol–water partition coefficient (Wildman–Crippen LogP) is 2.97. The number of rotatable bonds is 3. The molecule has 0 aliphatic heterocycles. The van der Waals surface area contributed by atoms with E-state index in [1.54, 1.807) is 0 Å². The van der Waals surface area contributed by atoms with Gasteiger partial charge in [-0.05, 0) is 18.2 Å². The van der Waals surface area contributed by atoms with E-state index in [4.69, 9.17) is 5.11 Å². The third-order valence-corrected chi connectivity index (χ3v) is 2.96. The molecule has 0 aliphatic rings. The van der Waals surface area contributed by atoms with Crippen LogP contribution in [0.15, 0.2) is 36.5 Å². The summed E-state index contributed by atoms with van der Waals surface area (Å²) in [5, 5.41) is 8.90. The van der Waals surface area contributed by atoms with Crippen LogP contribution in [-0.4, -0.2) is 21.4 Å². The molecule has 1 N–H and O–H groups in total. The fourth-order valence-electron chi connectivity index (χ4n) is 1.88. The molecule has 110 valence electrons. The lowest BCUT2D eigenvalue weighted by Crippen LogP contribution is -2.06. The maximum atomic E-state index is 12.4. The van der Waals surface area contributed by atoms with Gasteiger partial charge in [0.05, 0.1) is 5.56 Å². The van der Waals surface area contributed by atoms with Gasteiger partial charge in [-0.2, -0.15) is 13.2 Å². The van der Waals surface area contributed by atoms with Crippen LogP contribution < -0.4 is 0 Å². The van der Waals surface area contributed by atoms with Gasteiger partial charge in [0.15, 0.2) is 5.78 Å². The predicted molar refractivity (Wildman–Crippen MR) is 67.2 cm³/mol. The van der Waals surface area contributed by atoms with E-state index in [0.717, 1.165) is 24.3 Å². The molecule has 21 heavy (non-hydrogen) atoms. The molecule has 4 nitrogen and oxygen atoms in total. The standard InChI is InChI=1S/C14H10F3NO3/c1-18-7-9(6-11(18)13(20)21)12(19)8-2-4-10(5-3-8)14(15,16)17/h2-7H,1H3,(H,20,21). The minimum Gasteiger partial charge on any atom is -0.477 e. The van der Waals surface area contributed by atoms with Gasteiger partial charge in [-0.1, -0.05) is 12.1 Å². The van der Waals surface area contributed by atoms with Crippen molar-refractivity contribution in [2.75, 3.05) is 0 Å². The van der Waals surface area contributed by atoms with E-state index < -0.39 is 23.5 Å². The summed E-state index contributed by atoms with van der Waals surface area (Å²) >= 11 is 0. The monoisotopic (exact) mass is 297 g/mol. The lowest BCUT2D eigenvalue weighted by Gasteiger charge is -2.06. The van der Waals surface area contributed by atoms with Crippen molar-refractivity contribution in [2.45, 2.75) is 6.18 Å². The van der Waals surface area contributed by atoms with E-state index in [2.05, 4.69) is 0 Å². The van der Waals surface area contributed by atoms with Crippen LogP contribution >= 0.6 is 0 Å². The van der Waals surface area contributed by atoms with E-state index >= 15 is 0 Å². The van der Waals surface area contributed by atoms with Crippen molar-refractivity contribution in [3.63, 3.8) is 0 Å². The Hall–Kier alpha value is -2.57. The van der Waals surface area contributed by atoms with E-state index in [1.165, 1.54) is 23.9 Å². The minimum atomic E-state index is -4.47. The molecule has 0 amide bonds. The van der Waals surface area contributed by atoms with Crippen molar-refractivity contribution in [1.82, 2.24) is 4.57 Å². The van der Waals surface area contributed by atoms with Gasteiger partial charge in [0.1, 0.15) is 5.69 Å². The summed E-state index contributed by atoms with van der Waals surface area (Å²) in [6, 6.07) is 4.95. The number of carbonyl (C=O) groups is 2. The minimum absolute atomic E-state index is 0.0607. The summed E-state index contributed by atoms with van der Waals surface area (Å²) in [6.07, 6.45) is -3.14. The number of aromatic nitrogens is 1. The largest absolute Gasteiger partial charge is 0.477 e. The number of aromatic carboxylic acids is 1. The average Bonchev–Trinajstić information content (AvgIpc) is 2.79. The highest BCUT2D eigenvalue weighted by atomic mass is 19.4. The molecule has 1 aromatic heterocycles. The fraction of sp³-hybridized carbons (Fsp3) is 0.143. The number of aryl methyl sites for hydroxylation is 1. The van der Waals surface area contributed by atoms with Crippen LogP contribution in [-0.2, 0) is 13.2 Å². The van der Waals surface area contributed by atoms with Crippen molar-refractivity contribution >= 4 is 11.8 Å². The molecular weight excluding hydrogens is 287 g/mol. The summed E-state index contributed by atoms with van der Waals surface area (Å²) in [6.45, 7) is 0. The maximum Gasteiger partial charge on any atom is 0.416 e. The molecule has 0 atom stereocenters. The Bertz CT molecular complexity index is 699. The number of halogens is 3. The Kier molecular flexibility index (Phi) is 3.59. The van der Waals surface area contributed by atoms with E-state index in [1.807, 2.05) is 0 Å². The summed E-state index contributed by atoms with van der Waals surface area (Å²) in [4.78, 5) is 23.0. The Balaban J connectivity index is 2.32. The number of hydrogen-bond acceptors (Lipinski definition) is 2. The summed E-state index contributed by atoms with van der Waals surface area (Å²) < 4.78 is 38.6. The van der Waals surface area contributed by atoms with Crippen molar-refractivity contribution in [2.24, 2.45) is 7.05 Å². The van der Waals surface area contributed by atoms with E-state index in [-0.39, 0.29) is 16.8 Å². The normalized spacial score (nSPS) is 11.4. The zero-order valence-corrected chi connectivity index (χ0v) is 10.8. The van der Waals surface area contributed by atoms with Crippen LogP contribution in [0.1, 0.15) is 32.0 Å². The molecule has 0 bridgehead atoms. The SMILES string of the molecule is Cn1cc(C(=O)c2ccc(C(F)(F)F)cc2)cc1C(=O)O. The molecular formula is C14H10F3NO3. The first kappa shape index (κ1) is 14.8. The maximum absolute atomic E-state index is 12.4. The van der Waals surface area contributed by atoms with Crippen LogP contribution in [0.2, 0.25) is 0 Å².